The fraction of sp³-hybridized carbons (Fsp3) is 0.833. The van der Waals surface area contributed by atoms with Crippen molar-refractivity contribution in [2.75, 3.05) is 0 Å². The van der Waals surface area contributed by atoms with Gasteiger partial charge >= 0.3 is 0 Å². The molecule has 1 aliphatic carbocycles. The standard InChI is InChI=1S/C6H10OS2/c7-4-2-1-3-5(8)6(4)9/h5-6,8-9H,1-3H2. The van der Waals surface area contributed by atoms with Crippen LogP contribution in [0.15, 0.2) is 0 Å². The summed E-state index contributed by atoms with van der Waals surface area (Å²) in [6, 6.07) is 0. The van der Waals surface area contributed by atoms with Gasteiger partial charge in [0, 0.05) is 11.7 Å². The molecule has 3 heteroatoms. The Hall–Kier alpha value is 0.370. The summed E-state index contributed by atoms with van der Waals surface area (Å²) in [7, 11) is 0. The van der Waals surface area contributed by atoms with E-state index in [2.05, 4.69) is 25.3 Å². The number of carbonyl (C=O) groups is 1. The second kappa shape index (κ2) is 2.97. The van der Waals surface area contributed by atoms with Gasteiger partial charge in [-0.25, -0.2) is 0 Å². The normalized spacial score (nSPS) is 36.9. The van der Waals surface area contributed by atoms with E-state index in [1.54, 1.807) is 0 Å². The zero-order chi connectivity index (χ0) is 6.85. The third kappa shape index (κ3) is 1.64. The average molecular weight is 162 g/mol. The quantitative estimate of drug-likeness (QED) is 0.514. The Kier molecular flexibility index (Phi) is 2.47. The molecule has 2 atom stereocenters. The number of rotatable bonds is 0. The third-order valence-electron chi connectivity index (χ3n) is 1.62. The summed E-state index contributed by atoms with van der Waals surface area (Å²) in [5.41, 5.74) is 0. The van der Waals surface area contributed by atoms with E-state index in [1.165, 1.54) is 0 Å². The maximum atomic E-state index is 10.9. The molecule has 0 amide bonds. The lowest BCUT2D eigenvalue weighted by molar-refractivity contribution is -0.119. The Bertz CT molecular complexity index is 124. The van der Waals surface area contributed by atoms with E-state index in [0.717, 1.165) is 12.8 Å². The number of thiol groups is 2. The third-order valence-corrected chi connectivity index (χ3v) is 3.06. The highest BCUT2D eigenvalue weighted by Crippen LogP contribution is 2.23. The van der Waals surface area contributed by atoms with Crippen molar-refractivity contribution in [1.29, 1.82) is 0 Å². The molecule has 0 radical (unpaired) electrons. The molecule has 0 aliphatic heterocycles. The summed E-state index contributed by atoms with van der Waals surface area (Å²) < 4.78 is 0. The topological polar surface area (TPSA) is 17.1 Å². The van der Waals surface area contributed by atoms with E-state index < -0.39 is 0 Å². The van der Waals surface area contributed by atoms with Crippen LogP contribution in [0.3, 0.4) is 0 Å². The molecule has 0 aromatic rings. The van der Waals surface area contributed by atoms with Crippen LogP contribution in [0.25, 0.3) is 0 Å². The number of Topliss-reactive ketones (excluding diaryl/α,β-unsaturated/α-hetero) is 1. The van der Waals surface area contributed by atoms with Gasteiger partial charge in [0.15, 0.2) is 0 Å². The fourth-order valence-corrected chi connectivity index (χ4v) is 1.63. The predicted octanol–water partition coefficient (Wildman–Crippen LogP) is 1.34. The summed E-state index contributed by atoms with van der Waals surface area (Å²) in [4.78, 5) is 10.9. The molecule has 0 spiro atoms. The molecule has 1 aliphatic rings. The molecule has 0 N–H and O–H groups in total. The van der Waals surface area contributed by atoms with Crippen LogP contribution in [0.5, 0.6) is 0 Å². The molecule has 1 nitrogen and oxygen atoms in total. The molecule has 9 heavy (non-hydrogen) atoms. The minimum absolute atomic E-state index is 0.109. The maximum Gasteiger partial charge on any atom is 0.146 e. The van der Waals surface area contributed by atoms with Gasteiger partial charge in [-0.2, -0.15) is 25.3 Å². The Balaban J connectivity index is 2.51. The Morgan fingerprint density at radius 3 is 2.56 bits per heavy atom. The summed E-state index contributed by atoms with van der Waals surface area (Å²) in [5, 5.41) is 0.0802. The van der Waals surface area contributed by atoms with Gasteiger partial charge in [-0.15, -0.1) is 0 Å². The molecule has 0 bridgehead atoms. The van der Waals surface area contributed by atoms with Crippen molar-refractivity contribution >= 4 is 31.0 Å². The van der Waals surface area contributed by atoms with E-state index >= 15 is 0 Å². The van der Waals surface area contributed by atoms with E-state index in [-0.39, 0.29) is 16.3 Å². The first kappa shape index (κ1) is 7.48. The lowest BCUT2D eigenvalue weighted by atomic mass is 9.98. The molecule has 0 aromatic heterocycles. The highest BCUT2D eigenvalue weighted by Gasteiger charge is 2.25. The van der Waals surface area contributed by atoms with Gasteiger partial charge in [-0.1, -0.05) is 0 Å². The minimum atomic E-state index is -0.109. The molecule has 52 valence electrons. The van der Waals surface area contributed by atoms with Crippen LogP contribution in [-0.4, -0.2) is 16.3 Å². The number of hydrogen-bond donors (Lipinski definition) is 2. The van der Waals surface area contributed by atoms with E-state index in [1.807, 2.05) is 0 Å². The summed E-state index contributed by atoms with van der Waals surface area (Å²) in [6.07, 6.45) is 2.72. The Morgan fingerprint density at radius 2 is 2.11 bits per heavy atom. The molecule has 1 fully saturated rings. The van der Waals surface area contributed by atoms with Crippen molar-refractivity contribution in [2.45, 2.75) is 29.8 Å². The summed E-state index contributed by atoms with van der Waals surface area (Å²) in [5.74, 6) is 0.254. The largest absolute Gasteiger partial charge is 0.298 e. The van der Waals surface area contributed by atoms with Gasteiger partial charge in [0.1, 0.15) is 5.78 Å². The SMILES string of the molecule is O=C1CCCC(S)C1S. The average Bonchev–Trinajstić information content (AvgIpc) is 1.83. The molecule has 0 saturated heterocycles. The van der Waals surface area contributed by atoms with Gasteiger partial charge in [0.25, 0.3) is 0 Å². The monoisotopic (exact) mass is 162 g/mol. The molecule has 1 rings (SSSR count). The predicted molar refractivity (Wildman–Crippen MR) is 44.4 cm³/mol. The Morgan fingerprint density at radius 1 is 1.44 bits per heavy atom. The van der Waals surface area contributed by atoms with Crippen molar-refractivity contribution in [3.8, 4) is 0 Å². The number of hydrogen-bond acceptors (Lipinski definition) is 3. The van der Waals surface area contributed by atoms with Gasteiger partial charge < -0.3 is 0 Å². The van der Waals surface area contributed by atoms with E-state index in [0.29, 0.717) is 6.42 Å². The van der Waals surface area contributed by atoms with Gasteiger partial charge in [0.05, 0.1) is 5.25 Å². The van der Waals surface area contributed by atoms with Crippen LogP contribution in [0.2, 0.25) is 0 Å². The molecular formula is C6H10OS2. The number of carbonyl (C=O) groups excluding carboxylic acids is 1. The van der Waals surface area contributed by atoms with Gasteiger partial charge in [-0.05, 0) is 12.8 Å². The van der Waals surface area contributed by atoms with Crippen LogP contribution < -0.4 is 0 Å². The van der Waals surface area contributed by atoms with Crippen molar-refractivity contribution in [3.63, 3.8) is 0 Å². The summed E-state index contributed by atoms with van der Waals surface area (Å²) in [6.45, 7) is 0. The lowest BCUT2D eigenvalue weighted by Crippen LogP contribution is -2.29. The molecule has 0 heterocycles. The van der Waals surface area contributed by atoms with Crippen molar-refractivity contribution < 1.29 is 4.79 Å². The minimum Gasteiger partial charge on any atom is -0.298 e. The summed E-state index contributed by atoms with van der Waals surface area (Å²) >= 11 is 8.34. The van der Waals surface area contributed by atoms with Gasteiger partial charge in [0.2, 0.25) is 0 Å². The molecular weight excluding hydrogens is 152 g/mol. The number of ketones is 1. The second-order valence-corrected chi connectivity index (χ2v) is 3.59. The first-order valence-electron chi connectivity index (χ1n) is 3.10. The van der Waals surface area contributed by atoms with Crippen molar-refractivity contribution in [3.05, 3.63) is 0 Å². The van der Waals surface area contributed by atoms with Gasteiger partial charge in [-0.3, -0.25) is 4.79 Å². The fourth-order valence-electron chi connectivity index (χ4n) is 1.01. The van der Waals surface area contributed by atoms with Crippen LogP contribution in [0.1, 0.15) is 19.3 Å². The van der Waals surface area contributed by atoms with Crippen molar-refractivity contribution in [1.82, 2.24) is 0 Å². The first-order chi connectivity index (χ1) is 4.22. The molecule has 2 unspecified atom stereocenters. The van der Waals surface area contributed by atoms with Crippen LogP contribution in [-0.2, 0) is 4.79 Å². The second-order valence-electron chi connectivity index (χ2n) is 2.37. The van der Waals surface area contributed by atoms with Crippen LogP contribution in [0.4, 0.5) is 0 Å². The highest BCUT2D eigenvalue weighted by atomic mass is 32.1. The van der Waals surface area contributed by atoms with Crippen LogP contribution in [0, 0.1) is 0 Å². The first-order valence-corrected chi connectivity index (χ1v) is 4.14. The molecule has 1 saturated carbocycles. The smallest absolute Gasteiger partial charge is 0.146 e. The zero-order valence-corrected chi connectivity index (χ0v) is 6.87. The van der Waals surface area contributed by atoms with Crippen molar-refractivity contribution in [2.24, 2.45) is 0 Å². The lowest BCUT2D eigenvalue weighted by Gasteiger charge is -2.21. The van der Waals surface area contributed by atoms with E-state index in [9.17, 15) is 4.79 Å². The molecule has 0 aromatic carbocycles. The van der Waals surface area contributed by atoms with Crippen LogP contribution >= 0.6 is 25.3 Å². The highest BCUT2D eigenvalue weighted by molar-refractivity contribution is 7.85. The zero-order valence-electron chi connectivity index (χ0n) is 5.08. The maximum absolute atomic E-state index is 10.9. The van der Waals surface area contributed by atoms with E-state index in [4.69, 9.17) is 0 Å². The Labute approximate surface area is 66.0 Å².